The molecule has 37 heavy (non-hydrogen) atoms. The van der Waals surface area contributed by atoms with Crippen LogP contribution < -0.4 is 10.6 Å². The summed E-state index contributed by atoms with van der Waals surface area (Å²) >= 11 is 13.2. The lowest BCUT2D eigenvalue weighted by atomic mass is 10.1. The highest BCUT2D eigenvalue weighted by Gasteiger charge is 2.30. The number of nitrogens with zero attached hydrogens (tertiary/aromatic N) is 2. The van der Waals surface area contributed by atoms with Gasteiger partial charge in [0.1, 0.15) is 5.69 Å². The summed E-state index contributed by atoms with van der Waals surface area (Å²) in [7, 11) is 1.49. The summed E-state index contributed by atoms with van der Waals surface area (Å²) in [6.45, 7) is 0.480. The van der Waals surface area contributed by atoms with E-state index >= 15 is 0 Å². The van der Waals surface area contributed by atoms with E-state index in [-0.39, 0.29) is 44.3 Å². The third kappa shape index (κ3) is 8.60. The normalized spacial score (nSPS) is 11.3. The van der Waals surface area contributed by atoms with Crippen LogP contribution in [0.5, 0.6) is 0 Å². The van der Waals surface area contributed by atoms with E-state index in [0.29, 0.717) is 26.4 Å². The molecule has 0 aliphatic heterocycles. The lowest BCUT2D eigenvalue weighted by Crippen LogP contribution is -2.37. The molecular weight excluding hydrogens is 552 g/mol. The number of hydrogen-bond acceptors (Lipinski definition) is 6. The van der Waals surface area contributed by atoms with E-state index in [2.05, 4.69) is 15.6 Å². The number of nitrogens with one attached hydrogen (secondary N) is 2. The van der Waals surface area contributed by atoms with Crippen molar-refractivity contribution < 1.29 is 27.5 Å². The number of ether oxygens (including phenoxy) is 1. The maximum Gasteiger partial charge on any atom is 0.416 e. The number of rotatable bonds is 11. The van der Waals surface area contributed by atoms with Crippen LogP contribution in [-0.4, -0.2) is 48.5 Å². The molecule has 7 nitrogen and oxygen atoms in total. The largest absolute Gasteiger partial charge is 0.416 e. The van der Waals surface area contributed by atoms with E-state index in [0.717, 1.165) is 12.1 Å². The number of alkyl halides is 3. The molecule has 1 heterocycles. The average Bonchev–Trinajstić information content (AvgIpc) is 3.33. The molecule has 198 valence electrons. The van der Waals surface area contributed by atoms with E-state index in [9.17, 15) is 22.8 Å². The van der Waals surface area contributed by atoms with Crippen LogP contribution in [0.25, 0.3) is 0 Å². The van der Waals surface area contributed by atoms with Gasteiger partial charge in [0.25, 0.3) is 5.91 Å². The highest BCUT2D eigenvalue weighted by molar-refractivity contribution is 7.14. The Morgan fingerprint density at radius 2 is 1.89 bits per heavy atom. The van der Waals surface area contributed by atoms with Crippen LogP contribution in [0, 0.1) is 0 Å². The van der Waals surface area contributed by atoms with Crippen LogP contribution in [0.3, 0.4) is 0 Å². The fourth-order valence-corrected chi connectivity index (χ4v) is 4.19. The number of amides is 2. The molecule has 2 N–H and O–H groups in total. The van der Waals surface area contributed by atoms with Crippen molar-refractivity contribution in [1.82, 2.24) is 15.2 Å². The summed E-state index contributed by atoms with van der Waals surface area (Å²) in [5.74, 6) is -0.797. The predicted molar refractivity (Wildman–Crippen MR) is 138 cm³/mol. The molecule has 0 atom stereocenters. The molecule has 0 radical (unpaired) electrons. The molecule has 1 aromatic heterocycles. The van der Waals surface area contributed by atoms with Crippen molar-refractivity contribution in [3.63, 3.8) is 0 Å². The fourth-order valence-electron chi connectivity index (χ4n) is 3.19. The molecule has 0 saturated heterocycles. The number of carbonyl (C=O) groups excluding carboxylic acids is 2. The van der Waals surface area contributed by atoms with E-state index in [1.165, 1.54) is 35.5 Å². The molecule has 3 rings (SSSR count). The van der Waals surface area contributed by atoms with Crippen LogP contribution in [0.1, 0.15) is 28.0 Å². The third-order valence-corrected chi connectivity index (χ3v) is 6.60. The van der Waals surface area contributed by atoms with Gasteiger partial charge in [-0.15, -0.1) is 11.3 Å². The highest BCUT2D eigenvalue weighted by atomic mass is 35.5. The number of halogens is 5. The van der Waals surface area contributed by atoms with E-state index in [4.69, 9.17) is 27.9 Å². The Kier molecular flexibility index (Phi) is 10.2. The fraction of sp³-hybridized carbons (Fsp3) is 0.292. The summed E-state index contributed by atoms with van der Waals surface area (Å²) in [5.41, 5.74) is 0.372. The average molecular weight is 575 g/mol. The van der Waals surface area contributed by atoms with Gasteiger partial charge in [-0.1, -0.05) is 35.3 Å². The number of thiazole rings is 1. The standard InChI is InChI=1S/C24H23Cl2F3N4O3S/c1-36-10-9-33(8-7-21(34)30-13-15-3-2-4-16(11-15)24(27,28)29)22(35)20-14-37-23(32-20)31-17-5-6-18(25)19(26)12-17/h2-6,11-12,14H,7-10,13H2,1H3,(H,30,34)(H,31,32). The first-order valence-electron chi connectivity index (χ1n) is 11.0. The molecular formula is C24H23Cl2F3N4O3S. The number of benzene rings is 2. The first-order valence-corrected chi connectivity index (χ1v) is 12.6. The number of anilines is 2. The topological polar surface area (TPSA) is 83.6 Å². The maximum atomic E-state index is 13.0. The van der Waals surface area contributed by atoms with Gasteiger partial charge in [0, 0.05) is 44.2 Å². The third-order valence-electron chi connectivity index (χ3n) is 5.10. The Hall–Kier alpha value is -2.86. The Labute approximate surface area is 225 Å². The molecule has 0 fully saturated rings. The van der Waals surface area contributed by atoms with Gasteiger partial charge in [-0.05, 0) is 35.9 Å². The summed E-state index contributed by atoms with van der Waals surface area (Å²) in [4.78, 5) is 31.2. The summed E-state index contributed by atoms with van der Waals surface area (Å²) in [6.07, 6.45) is -4.51. The Balaban J connectivity index is 1.57. The second kappa shape index (κ2) is 13.1. The second-order valence-corrected chi connectivity index (χ2v) is 9.47. The van der Waals surface area contributed by atoms with Gasteiger partial charge in [-0.3, -0.25) is 9.59 Å². The van der Waals surface area contributed by atoms with E-state index in [1.54, 1.807) is 23.6 Å². The minimum atomic E-state index is -4.46. The Morgan fingerprint density at radius 1 is 1.11 bits per heavy atom. The molecule has 0 aliphatic rings. The molecule has 2 amide bonds. The van der Waals surface area contributed by atoms with Gasteiger partial charge < -0.3 is 20.3 Å². The summed E-state index contributed by atoms with van der Waals surface area (Å²) in [6, 6.07) is 9.73. The lowest BCUT2D eigenvalue weighted by molar-refractivity contribution is -0.137. The van der Waals surface area contributed by atoms with Crippen LogP contribution >= 0.6 is 34.5 Å². The molecule has 0 unspecified atom stereocenters. The van der Waals surface area contributed by atoms with Crippen molar-refractivity contribution in [3.8, 4) is 0 Å². The molecule has 13 heteroatoms. The minimum Gasteiger partial charge on any atom is -0.383 e. The summed E-state index contributed by atoms with van der Waals surface area (Å²) < 4.78 is 43.7. The van der Waals surface area contributed by atoms with Gasteiger partial charge in [-0.2, -0.15) is 13.2 Å². The van der Waals surface area contributed by atoms with Crippen molar-refractivity contribution in [2.24, 2.45) is 0 Å². The predicted octanol–water partition coefficient (Wildman–Crippen LogP) is 6.01. The van der Waals surface area contributed by atoms with Gasteiger partial charge >= 0.3 is 6.18 Å². The first-order chi connectivity index (χ1) is 17.6. The molecule has 0 bridgehead atoms. The maximum absolute atomic E-state index is 13.0. The number of hydrogen-bond donors (Lipinski definition) is 2. The van der Waals surface area contributed by atoms with Gasteiger partial charge in [-0.25, -0.2) is 4.98 Å². The zero-order valence-electron chi connectivity index (χ0n) is 19.6. The SMILES string of the molecule is COCCN(CCC(=O)NCc1cccc(C(F)(F)F)c1)C(=O)c1csc(Nc2ccc(Cl)c(Cl)c2)n1. The second-order valence-electron chi connectivity index (χ2n) is 7.80. The monoisotopic (exact) mass is 574 g/mol. The minimum absolute atomic E-state index is 0.0487. The van der Waals surface area contributed by atoms with Gasteiger partial charge in [0.2, 0.25) is 5.91 Å². The smallest absolute Gasteiger partial charge is 0.383 e. The van der Waals surface area contributed by atoms with Crippen LogP contribution in [-0.2, 0) is 22.3 Å². The number of methoxy groups -OCH3 is 1. The zero-order chi connectivity index (χ0) is 27.0. The van der Waals surface area contributed by atoms with Crippen molar-refractivity contribution in [1.29, 1.82) is 0 Å². The molecule has 2 aromatic carbocycles. The van der Waals surface area contributed by atoms with Crippen molar-refractivity contribution in [2.45, 2.75) is 19.1 Å². The van der Waals surface area contributed by atoms with Crippen molar-refractivity contribution in [2.75, 3.05) is 32.1 Å². The van der Waals surface area contributed by atoms with Crippen LogP contribution in [0.15, 0.2) is 47.8 Å². The molecule has 0 spiro atoms. The quantitative estimate of drug-likeness (QED) is 0.293. The summed E-state index contributed by atoms with van der Waals surface area (Å²) in [5, 5.41) is 8.49. The molecule has 3 aromatic rings. The first kappa shape index (κ1) is 28.7. The Morgan fingerprint density at radius 3 is 2.59 bits per heavy atom. The van der Waals surface area contributed by atoms with Crippen molar-refractivity contribution in [3.05, 3.63) is 74.7 Å². The highest BCUT2D eigenvalue weighted by Crippen LogP contribution is 2.30. The zero-order valence-corrected chi connectivity index (χ0v) is 21.9. The number of carbonyl (C=O) groups is 2. The lowest BCUT2D eigenvalue weighted by Gasteiger charge is -2.21. The van der Waals surface area contributed by atoms with E-state index in [1.807, 2.05) is 0 Å². The number of aromatic nitrogens is 1. The van der Waals surface area contributed by atoms with E-state index < -0.39 is 17.6 Å². The van der Waals surface area contributed by atoms with Gasteiger partial charge in [0.05, 0.1) is 22.2 Å². The van der Waals surface area contributed by atoms with Gasteiger partial charge in [0.15, 0.2) is 5.13 Å². The van der Waals surface area contributed by atoms with Crippen LogP contribution in [0.2, 0.25) is 10.0 Å². The van der Waals surface area contributed by atoms with Crippen LogP contribution in [0.4, 0.5) is 24.0 Å². The Bertz CT molecular complexity index is 1240. The molecule has 0 saturated carbocycles. The van der Waals surface area contributed by atoms with Crippen molar-refractivity contribution >= 4 is 57.2 Å². The molecule has 0 aliphatic carbocycles.